The topological polar surface area (TPSA) is 26.0 Å². The number of hydrogen-bond donors (Lipinski definition) is 1. The first kappa shape index (κ1) is 7.11. The minimum absolute atomic E-state index is 0.378. The summed E-state index contributed by atoms with van der Waals surface area (Å²) < 4.78 is 0. The van der Waals surface area contributed by atoms with Gasteiger partial charge in [0.2, 0.25) is 0 Å². The molecule has 2 aliphatic rings. The zero-order valence-corrected chi connectivity index (χ0v) is 6.84. The van der Waals surface area contributed by atoms with Gasteiger partial charge in [0.15, 0.2) is 0 Å². The number of rotatable bonds is 0. The van der Waals surface area contributed by atoms with E-state index in [4.69, 9.17) is 5.73 Å². The zero-order chi connectivity index (χ0) is 7.68. The van der Waals surface area contributed by atoms with E-state index in [9.17, 15) is 0 Å². The third kappa shape index (κ3) is 1.25. The number of nitrogens with two attached hydrogens (primary N) is 1. The lowest BCUT2D eigenvalue weighted by Gasteiger charge is -2.26. The average molecular weight is 149 g/mol. The highest BCUT2D eigenvalue weighted by Gasteiger charge is 2.19. The largest absolute Gasteiger partial charge is 0.324 e. The molecule has 0 radical (unpaired) electrons. The highest BCUT2D eigenvalue weighted by Crippen LogP contribution is 2.30. The van der Waals surface area contributed by atoms with Gasteiger partial charge in [-0.2, -0.15) is 0 Å². The van der Waals surface area contributed by atoms with Gasteiger partial charge in [-0.1, -0.05) is 17.7 Å². The van der Waals surface area contributed by atoms with Gasteiger partial charge in [0.05, 0.1) is 0 Å². The van der Waals surface area contributed by atoms with Crippen LogP contribution in [0.5, 0.6) is 0 Å². The van der Waals surface area contributed by atoms with E-state index in [1.54, 1.807) is 5.57 Å². The summed E-state index contributed by atoms with van der Waals surface area (Å²) in [6.45, 7) is 0. The van der Waals surface area contributed by atoms with E-state index in [1.165, 1.54) is 37.7 Å². The lowest BCUT2D eigenvalue weighted by Crippen LogP contribution is -2.27. The van der Waals surface area contributed by atoms with E-state index in [2.05, 4.69) is 12.2 Å². The van der Waals surface area contributed by atoms with Crippen LogP contribution in [-0.2, 0) is 0 Å². The molecular formula is C10H15N. The van der Waals surface area contributed by atoms with Crippen molar-refractivity contribution in [3.8, 4) is 0 Å². The second kappa shape index (κ2) is 2.82. The lowest BCUT2D eigenvalue weighted by atomic mass is 9.83. The Hall–Kier alpha value is -0.560. The second-order valence-corrected chi connectivity index (χ2v) is 3.49. The van der Waals surface area contributed by atoms with Crippen LogP contribution in [0.4, 0.5) is 0 Å². The molecule has 0 bridgehead atoms. The molecule has 2 rings (SSSR count). The Bertz CT molecular complexity index is 213. The first-order chi connectivity index (χ1) is 5.38. The van der Waals surface area contributed by atoms with Crippen LogP contribution in [-0.4, -0.2) is 6.04 Å². The van der Waals surface area contributed by atoms with Crippen LogP contribution in [0.25, 0.3) is 0 Å². The van der Waals surface area contributed by atoms with Gasteiger partial charge in [-0.15, -0.1) is 0 Å². The Morgan fingerprint density at radius 3 is 3.09 bits per heavy atom. The van der Waals surface area contributed by atoms with Crippen molar-refractivity contribution < 1.29 is 0 Å². The number of hydrogen-bond acceptors (Lipinski definition) is 1. The van der Waals surface area contributed by atoms with Gasteiger partial charge in [-0.25, -0.2) is 0 Å². The van der Waals surface area contributed by atoms with Crippen molar-refractivity contribution in [1.82, 2.24) is 0 Å². The summed E-state index contributed by atoms with van der Waals surface area (Å²) in [5.74, 6) is 0. The van der Waals surface area contributed by atoms with Gasteiger partial charge in [0, 0.05) is 6.04 Å². The number of allylic oxidation sites excluding steroid dienone is 3. The van der Waals surface area contributed by atoms with Crippen molar-refractivity contribution in [2.24, 2.45) is 5.73 Å². The second-order valence-electron chi connectivity index (χ2n) is 3.49. The van der Waals surface area contributed by atoms with Gasteiger partial charge >= 0.3 is 0 Å². The molecule has 0 fully saturated rings. The molecule has 1 atom stereocenters. The van der Waals surface area contributed by atoms with E-state index in [0.29, 0.717) is 6.04 Å². The average Bonchev–Trinajstić information content (AvgIpc) is 2.06. The molecule has 2 N–H and O–H groups in total. The van der Waals surface area contributed by atoms with Crippen LogP contribution >= 0.6 is 0 Å². The normalized spacial score (nSPS) is 30.5. The summed E-state index contributed by atoms with van der Waals surface area (Å²) in [6, 6.07) is 0.378. The summed E-state index contributed by atoms with van der Waals surface area (Å²) in [5.41, 5.74) is 9.08. The summed E-state index contributed by atoms with van der Waals surface area (Å²) in [7, 11) is 0. The standard InChI is InChI=1S/C10H15N/c11-10-7-3-5-8-4-1-2-6-9(8)10/h1,4,10H,2-3,5-7,11H2. The molecule has 0 aliphatic heterocycles. The van der Waals surface area contributed by atoms with E-state index >= 15 is 0 Å². The van der Waals surface area contributed by atoms with E-state index in [1.807, 2.05) is 0 Å². The molecule has 0 heterocycles. The molecule has 1 heteroatoms. The van der Waals surface area contributed by atoms with Gasteiger partial charge in [-0.3, -0.25) is 0 Å². The van der Waals surface area contributed by atoms with Crippen LogP contribution in [0.1, 0.15) is 32.1 Å². The van der Waals surface area contributed by atoms with Gasteiger partial charge in [-0.05, 0) is 37.7 Å². The van der Waals surface area contributed by atoms with Gasteiger partial charge < -0.3 is 5.73 Å². The van der Waals surface area contributed by atoms with Crippen LogP contribution in [0.15, 0.2) is 23.3 Å². The third-order valence-corrected chi connectivity index (χ3v) is 2.72. The molecule has 0 saturated heterocycles. The van der Waals surface area contributed by atoms with Crippen molar-refractivity contribution in [1.29, 1.82) is 0 Å². The highest BCUT2D eigenvalue weighted by atomic mass is 14.6. The Balaban J connectivity index is 2.28. The Morgan fingerprint density at radius 2 is 2.27 bits per heavy atom. The third-order valence-electron chi connectivity index (χ3n) is 2.72. The highest BCUT2D eigenvalue weighted by molar-refractivity contribution is 5.34. The zero-order valence-electron chi connectivity index (χ0n) is 6.84. The summed E-state index contributed by atoms with van der Waals surface area (Å²) in [4.78, 5) is 0. The van der Waals surface area contributed by atoms with Crippen molar-refractivity contribution >= 4 is 0 Å². The lowest BCUT2D eigenvalue weighted by molar-refractivity contribution is 0.576. The molecule has 11 heavy (non-hydrogen) atoms. The van der Waals surface area contributed by atoms with Crippen molar-refractivity contribution in [3.05, 3.63) is 23.3 Å². The SMILES string of the molecule is NC1CCCC2=C1CCC=C2. The minimum Gasteiger partial charge on any atom is -0.324 e. The Morgan fingerprint density at radius 1 is 1.36 bits per heavy atom. The maximum Gasteiger partial charge on any atom is 0.0259 e. The molecule has 1 nitrogen and oxygen atoms in total. The molecular weight excluding hydrogens is 134 g/mol. The van der Waals surface area contributed by atoms with Crippen molar-refractivity contribution in [2.45, 2.75) is 38.1 Å². The fraction of sp³-hybridized carbons (Fsp3) is 0.600. The molecule has 0 aromatic carbocycles. The molecule has 0 amide bonds. The van der Waals surface area contributed by atoms with Crippen LogP contribution in [0, 0.1) is 0 Å². The maximum atomic E-state index is 6.00. The molecule has 0 saturated carbocycles. The molecule has 0 spiro atoms. The molecule has 0 aromatic rings. The summed E-state index contributed by atoms with van der Waals surface area (Å²) in [5, 5.41) is 0. The van der Waals surface area contributed by atoms with E-state index in [0.717, 1.165) is 0 Å². The van der Waals surface area contributed by atoms with Crippen LogP contribution in [0.3, 0.4) is 0 Å². The smallest absolute Gasteiger partial charge is 0.0259 e. The first-order valence-corrected chi connectivity index (χ1v) is 4.52. The predicted octanol–water partition coefficient (Wildman–Crippen LogP) is 2.14. The molecule has 0 aromatic heterocycles. The quantitative estimate of drug-likeness (QED) is 0.561. The van der Waals surface area contributed by atoms with E-state index < -0.39 is 0 Å². The fourth-order valence-electron chi connectivity index (χ4n) is 2.09. The Kier molecular flexibility index (Phi) is 1.82. The first-order valence-electron chi connectivity index (χ1n) is 4.52. The monoisotopic (exact) mass is 149 g/mol. The fourth-order valence-corrected chi connectivity index (χ4v) is 2.09. The van der Waals surface area contributed by atoms with Gasteiger partial charge in [0.25, 0.3) is 0 Å². The minimum atomic E-state index is 0.378. The van der Waals surface area contributed by atoms with E-state index in [-0.39, 0.29) is 0 Å². The maximum absolute atomic E-state index is 6.00. The van der Waals surface area contributed by atoms with Gasteiger partial charge in [0.1, 0.15) is 0 Å². The Labute approximate surface area is 68.0 Å². The molecule has 60 valence electrons. The predicted molar refractivity (Wildman–Crippen MR) is 47.2 cm³/mol. The molecule has 2 aliphatic carbocycles. The van der Waals surface area contributed by atoms with Crippen molar-refractivity contribution in [3.63, 3.8) is 0 Å². The summed E-state index contributed by atoms with van der Waals surface area (Å²) in [6.07, 6.45) is 10.7. The van der Waals surface area contributed by atoms with Crippen LogP contribution < -0.4 is 5.73 Å². The van der Waals surface area contributed by atoms with Crippen LogP contribution in [0.2, 0.25) is 0 Å². The van der Waals surface area contributed by atoms with Crippen molar-refractivity contribution in [2.75, 3.05) is 0 Å². The molecule has 1 unspecified atom stereocenters. The summed E-state index contributed by atoms with van der Waals surface area (Å²) >= 11 is 0.